The maximum absolute atomic E-state index is 13.2. The van der Waals surface area contributed by atoms with E-state index in [0.29, 0.717) is 17.5 Å². The fourth-order valence-corrected chi connectivity index (χ4v) is 3.33. The minimum absolute atomic E-state index is 0.256. The number of nitrogens with one attached hydrogen (secondary N) is 1. The topological polar surface area (TPSA) is 34.0 Å². The van der Waals surface area contributed by atoms with E-state index in [2.05, 4.69) is 9.88 Å². The first-order valence-electron chi connectivity index (χ1n) is 7.01. The molecule has 2 atom stereocenters. The minimum atomic E-state index is -0.965. The van der Waals surface area contributed by atoms with Crippen LogP contribution in [0.15, 0.2) is 24.4 Å². The van der Waals surface area contributed by atoms with Crippen molar-refractivity contribution >= 4 is 11.6 Å². The van der Waals surface area contributed by atoms with Gasteiger partial charge in [0, 0.05) is 29.7 Å². The number of fused-ring (bicyclic) bond motifs is 3. The second kappa shape index (κ2) is 4.16. The summed E-state index contributed by atoms with van der Waals surface area (Å²) in [5.74, 6) is -1.47. The first-order chi connectivity index (χ1) is 10.0. The number of amides is 1. The van der Waals surface area contributed by atoms with E-state index in [-0.39, 0.29) is 11.6 Å². The Morgan fingerprint density at radius 3 is 2.90 bits per heavy atom. The van der Waals surface area contributed by atoms with Gasteiger partial charge in [0.2, 0.25) is 0 Å². The maximum Gasteiger partial charge on any atom is 0.257 e. The lowest BCUT2D eigenvalue weighted by Gasteiger charge is -2.08. The minimum Gasteiger partial charge on any atom is -0.347 e. The molecule has 1 saturated carbocycles. The van der Waals surface area contributed by atoms with E-state index < -0.39 is 11.6 Å². The average Bonchev–Trinajstić information content (AvgIpc) is 2.99. The summed E-state index contributed by atoms with van der Waals surface area (Å²) in [6.07, 6.45) is 4.15. The molecule has 2 unspecified atom stereocenters. The van der Waals surface area contributed by atoms with E-state index >= 15 is 0 Å². The number of hydrogen-bond donors (Lipinski definition) is 1. The van der Waals surface area contributed by atoms with Gasteiger partial charge in [0.15, 0.2) is 11.6 Å². The molecule has 2 heterocycles. The summed E-state index contributed by atoms with van der Waals surface area (Å²) in [5, 5.41) is 2.65. The van der Waals surface area contributed by atoms with Gasteiger partial charge in [-0.25, -0.2) is 8.78 Å². The number of rotatable bonds is 2. The van der Waals surface area contributed by atoms with Gasteiger partial charge in [0.1, 0.15) is 0 Å². The number of hydrogen-bond acceptors (Lipinski definition) is 1. The molecule has 1 aliphatic carbocycles. The van der Waals surface area contributed by atoms with Crippen molar-refractivity contribution < 1.29 is 13.6 Å². The highest BCUT2D eigenvalue weighted by atomic mass is 19.2. The normalized spacial score (nSPS) is 21.9. The Morgan fingerprint density at radius 1 is 1.33 bits per heavy atom. The highest BCUT2D eigenvalue weighted by molar-refractivity contribution is 6.06. The monoisotopic (exact) mass is 288 g/mol. The average molecular weight is 288 g/mol. The molecule has 2 aliphatic rings. The van der Waals surface area contributed by atoms with Crippen LogP contribution in [0.25, 0.3) is 0 Å². The lowest BCUT2D eigenvalue weighted by Crippen LogP contribution is -2.15. The van der Waals surface area contributed by atoms with Crippen LogP contribution in [0.1, 0.15) is 34.1 Å². The van der Waals surface area contributed by atoms with Gasteiger partial charge in [-0.05, 0) is 43.4 Å². The second-order valence-electron chi connectivity index (χ2n) is 5.89. The summed E-state index contributed by atoms with van der Waals surface area (Å²) in [6.45, 7) is 1.91. The van der Waals surface area contributed by atoms with Crippen LogP contribution in [0.2, 0.25) is 0 Å². The maximum atomic E-state index is 13.2. The lowest BCUT2D eigenvalue weighted by atomic mass is 10.1. The van der Waals surface area contributed by atoms with Crippen molar-refractivity contribution in [2.75, 3.05) is 5.32 Å². The molecule has 2 aromatic rings. The van der Waals surface area contributed by atoms with Crippen LogP contribution in [-0.2, 0) is 6.42 Å². The summed E-state index contributed by atoms with van der Waals surface area (Å²) in [5.41, 5.74) is 2.93. The second-order valence-corrected chi connectivity index (χ2v) is 5.89. The number of aryl methyl sites for hydroxylation is 1. The molecule has 0 saturated heterocycles. The van der Waals surface area contributed by atoms with E-state index in [1.165, 1.54) is 12.5 Å². The van der Waals surface area contributed by atoms with Gasteiger partial charge < -0.3 is 9.88 Å². The van der Waals surface area contributed by atoms with Gasteiger partial charge in [-0.1, -0.05) is 0 Å². The summed E-state index contributed by atoms with van der Waals surface area (Å²) < 4.78 is 28.3. The SMILES string of the molecule is Cc1cn2c(c1C(=O)Nc1ccc(F)c(F)c1)CC1CC12. The van der Waals surface area contributed by atoms with Crippen molar-refractivity contribution in [1.29, 1.82) is 0 Å². The standard InChI is InChI=1S/C16H14F2N2O/c1-8-7-20-13-4-9(13)5-14(20)15(8)16(21)19-10-2-3-11(17)12(18)6-10/h2-3,6-7,9,13H,4-5H2,1H3,(H,19,21). The van der Waals surface area contributed by atoms with Crippen molar-refractivity contribution in [1.82, 2.24) is 4.57 Å². The third-order valence-corrected chi connectivity index (χ3v) is 4.43. The molecule has 4 rings (SSSR count). The number of halogens is 2. The van der Waals surface area contributed by atoms with E-state index in [4.69, 9.17) is 0 Å². The largest absolute Gasteiger partial charge is 0.347 e. The van der Waals surface area contributed by atoms with Gasteiger partial charge in [0.05, 0.1) is 5.56 Å². The molecular weight excluding hydrogens is 274 g/mol. The van der Waals surface area contributed by atoms with Gasteiger partial charge in [0.25, 0.3) is 5.91 Å². The van der Waals surface area contributed by atoms with Crippen LogP contribution in [-0.4, -0.2) is 10.5 Å². The van der Waals surface area contributed by atoms with Crippen LogP contribution in [0, 0.1) is 24.5 Å². The van der Waals surface area contributed by atoms with Gasteiger partial charge in [-0.3, -0.25) is 4.79 Å². The van der Waals surface area contributed by atoms with E-state index in [1.54, 1.807) is 0 Å². The highest BCUT2D eigenvalue weighted by Crippen LogP contribution is 2.53. The highest BCUT2D eigenvalue weighted by Gasteiger charge is 2.47. The van der Waals surface area contributed by atoms with Crippen molar-refractivity contribution in [2.24, 2.45) is 5.92 Å². The Kier molecular flexibility index (Phi) is 2.49. The molecule has 1 aliphatic heterocycles. The summed E-state index contributed by atoms with van der Waals surface area (Å²) in [7, 11) is 0. The lowest BCUT2D eigenvalue weighted by molar-refractivity contribution is 0.102. The van der Waals surface area contributed by atoms with Crippen LogP contribution < -0.4 is 5.32 Å². The quantitative estimate of drug-likeness (QED) is 0.902. The molecule has 0 spiro atoms. The first-order valence-corrected chi connectivity index (χ1v) is 7.01. The van der Waals surface area contributed by atoms with E-state index in [0.717, 1.165) is 29.8 Å². The van der Waals surface area contributed by atoms with Crippen molar-refractivity contribution in [3.8, 4) is 0 Å². The first kappa shape index (κ1) is 12.6. The Bertz CT molecular complexity index is 766. The smallest absolute Gasteiger partial charge is 0.257 e. The number of aromatic nitrogens is 1. The molecule has 1 N–H and O–H groups in total. The molecule has 1 aromatic heterocycles. The molecule has 1 aromatic carbocycles. The van der Waals surface area contributed by atoms with Crippen molar-refractivity contribution in [3.05, 3.63) is 52.9 Å². The van der Waals surface area contributed by atoms with Crippen LogP contribution in [0.4, 0.5) is 14.5 Å². The molecule has 108 valence electrons. The Hall–Kier alpha value is -2.17. The van der Waals surface area contributed by atoms with Crippen molar-refractivity contribution in [2.45, 2.75) is 25.8 Å². The summed E-state index contributed by atoms with van der Waals surface area (Å²) >= 11 is 0. The fraction of sp³-hybridized carbons (Fsp3) is 0.312. The number of anilines is 1. The number of carbonyl (C=O) groups excluding carboxylic acids is 1. The zero-order valence-electron chi connectivity index (χ0n) is 11.5. The zero-order chi connectivity index (χ0) is 14.7. The van der Waals surface area contributed by atoms with E-state index in [9.17, 15) is 13.6 Å². The van der Waals surface area contributed by atoms with Gasteiger partial charge in [-0.2, -0.15) is 0 Å². The molecule has 0 radical (unpaired) electrons. The zero-order valence-corrected chi connectivity index (χ0v) is 11.5. The number of nitrogens with zero attached hydrogens (tertiary/aromatic N) is 1. The molecule has 1 amide bonds. The predicted molar refractivity (Wildman–Crippen MR) is 74.3 cm³/mol. The Labute approximate surface area is 120 Å². The third kappa shape index (κ3) is 1.87. The molecule has 5 heteroatoms. The molecule has 1 fully saturated rings. The molecule has 3 nitrogen and oxygen atoms in total. The van der Waals surface area contributed by atoms with Crippen LogP contribution in [0.5, 0.6) is 0 Å². The number of benzene rings is 1. The van der Waals surface area contributed by atoms with Crippen LogP contribution >= 0.6 is 0 Å². The molecule has 0 bridgehead atoms. The fourth-order valence-electron chi connectivity index (χ4n) is 3.33. The summed E-state index contributed by atoms with van der Waals surface area (Å²) in [6, 6.07) is 3.93. The van der Waals surface area contributed by atoms with E-state index in [1.807, 2.05) is 13.1 Å². The Morgan fingerprint density at radius 2 is 2.14 bits per heavy atom. The van der Waals surface area contributed by atoms with Crippen molar-refractivity contribution in [3.63, 3.8) is 0 Å². The van der Waals surface area contributed by atoms with Gasteiger partial charge >= 0.3 is 0 Å². The van der Waals surface area contributed by atoms with Crippen LogP contribution in [0.3, 0.4) is 0 Å². The molecular formula is C16H14F2N2O. The predicted octanol–water partition coefficient (Wildman–Crippen LogP) is 3.44. The Balaban J connectivity index is 1.63. The number of carbonyl (C=O) groups is 1. The summed E-state index contributed by atoms with van der Waals surface area (Å²) in [4.78, 5) is 12.4. The third-order valence-electron chi connectivity index (χ3n) is 4.43. The molecule has 21 heavy (non-hydrogen) atoms. The van der Waals surface area contributed by atoms with Gasteiger partial charge in [-0.15, -0.1) is 0 Å².